The van der Waals surface area contributed by atoms with Gasteiger partial charge < -0.3 is 4.90 Å². The lowest BCUT2D eigenvalue weighted by Crippen LogP contribution is -2.39. The molecule has 1 saturated heterocycles. The van der Waals surface area contributed by atoms with E-state index in [1.165, 1.54) is 0 Å². The van der Waals surface area contributed by atoms with E-state index in [4.69, 9.17) is 0 Å². The molecule has 2 aliphatic rings. The van der Waals surface area contributed by atoms with Crippen LogP contribution < -0.4 is 0 Å². The third-order valence-corrected chi connectivity index (χ3v) is 4.81. The van der Waals surface area contributed by atoms with E-state index < -0.39 is 0 Å². The largest absolute Gasteiger partial charge is 0.339 e. The maximum Gasteiger partial charge on any atom is 0.249 e. The number of hydrogen-bond donors (Lipinski definition) is 0. The average Bonchev–Trinajstić information content (AvgIpc) is 2.61. The van der Waals surface area contributed by atoms with Gasteiger partial charge in [0.05, 0.1) is 0 Å². The molecule has 0 atom stereocenters. The Balaban J connectivity index is 1.56. The summed E-state index contributed by atoms with van der Waals surface area (Å²) in [7, 11) is 0. The predicted molar refractivity (Wildman–Crippen MR) is 96.8 cm³/mol. The fourth-order valence-corrected chi connectivity index (χ4v) is 3.36. The number of amides is 1. The van der Waals surface area contributed by atoms with Gasteiger partial charge in [-0.05, 0) is 43.9 Å². The molecule has 1 amide bonds. The van der Waals surface area contributed by atoms with Crippen LogP contribution in [0.4, 0.5) is 0 Å². The Morgan fingerprint density at radius 2 is 2.09 bits per heavy atom. The highest BCUT2D eigenvalue weighted by molar-refractivity contribution is 9.10. The van der Waals surface area contributed by atoms with Crippen LogP contribution in [0.5, 0.6) is 0 Å². The van der Waals surface area contributed by atoms with Crippen LogP contribution in [0, 0.1) is 17.8 Å². The summed E-state index contributed by atoms with van der Waals surface area (Å²) in [6, 6.07) is 8.07. The second-order valence-corrected chi connectivity index (χ2v) is 6.92. The van der Waals surface area contributed by atoms with Crippen LogP contribution in [0.25, 0.3) is 0 Å². The van der Waals surface area contributed by atoms with E-state index in [9.17, 15) is 4.79 Å². The number of carbonyl (C=O) groups excluding carboxylic acids is 1. The van der Waals surface area contributed by atoms with Crippen molar-refractivity contribution in [2.45, 2.75) is 25.7 Å². The van der Waals surface area contributed by atoms with Gasteiger partial charge in [-0.15, -0.1) is 0 Å². The van der Waals surface area contributed by atoms with Gasteiger partial charge in [0.15, 0.2) is 0 Å². The number of carbonyl (C=O) groups is 1. The topological polar surface area (TPSA) is 20.3 Å². The van der Waals surface area contributed by atoms with Gasteiger partial charge in [-0.3, -0.25) is 4.79 Å². The van der Waals surface area contributed by atoms with Crippen molar-refractivity contribution in [2.24, 2.45) is 5.92 Å². The van der Waals surface area contributed by atoms with Crippen molar-refractivity contribution in [1.29, 1.82) is 0 Å². The van der Waals surface area contributed by atoms with E-state index in [-0.39, 0.29) is 5.91 Å². The Labute approximate surface area is 146 Å². The number of allylic oxidation sites excluding steroid dienone is 3. The zero-order chi connectivity index (χ0) is 16.1. The summed E-state index contributed by atoms with van der Waals surface area (Å²) in [5.74, 6) is 7.23. The highest BCUT2D eigenvalue weighted by Crippen LogP contribution is 2.21. The summed E-state index contributed by atoms with van der Waals surface area (Å²) in [6.07, 6.45) is 9.86. The lowest BCUT2D eigenvalue weighted by molar-refractivity contribution is -0.128. The lowest BCUT2D eigenvalue weighted by Gasteiger charge is -2.30. The van der Waals surface area contributed by atoms with Crippen LogP contribution in [0.15, 0.2) is 52.5 Å². The molecule has 1 aliphatic carbocycles. The van der Waals surface area contributed by atoms with Gasteiger partial charge in [0.2, 0.25) is 5.91 Å². The SMILES string of the molecule is O=C(C1=CC=CCC1)N1CCC(C#Cc2cccc(Br)c2)CC1. The van der Waals surface area contributed by atoms with Crippen LogP contribution in [-0.4, -0.2) is 23.9 Å². The molecule has 0 spiro atoms. The quantitative estimate of drug-likeness (QED) is 0.675. The van der Waals surface area contributed by atoms with Crippen molar-refractivity contribution in [3.05, 3.63) is 58.1 Å². The molecule has 0 saturated carbocycles. The third-order valence-electron chi connectivity index (χ3n) is 4.32. The molecule has 1 aliphatic heterocycles. The van der Waals surface area contributed by atoms with E-state index in [1.54, 1.807) is 0 Å². The van der Waals surface area contributed by atoms with Crippen molar-refractivity contribution in [3.8, 4) is 11.8 Å². The minimum atomic E-state index is 0.216. The summed E-state index contributed by atoms with van der Waals surface area (Å²) < 4.78 is 1.06. The second kappa shape index (κ2) is 7.66. The normalized spacial score (nSPS) is 18.1. The number of benzene rings is 1. The summed E-state index contributed by atoms with van der Waals surface area (Å²) in [5.41, 5.74) is 1.99. The third kappa shape index (κ3) is 4.36. The summed E-state index contributed by atoms with van der Waals surface area (Å²) in [4.78, 5) is 14.4. The van der Waals surface area contributed by atoms with Gasteiger partial charge in [0.25, 0.3) is 0 Å². The lowest BCUT2D eigenvalue weighted by atomic mass is 9.95. The fourth-order valence-electron chi connectivity index (χ4n) is 2.96. The first-order valence-electron chi connectivity index (χ1n) is 8.14. The molecular weight excluding hydrogens is 350 g/mol. The van der Waals surface area contributed by atoms with E-state index >= 15 is 0 Å². The van der Waals surface area contributed by atoms with Crippen molar-refractivity contribution >= 4 is 21.8 Å². The molecule has 0 radical (unpaired) electrons. The van der Waals surface area contributed by atoms with Crippen molar-refractivity contribution in [2.75, 3.05) is 13.1 Å². The van der Waals surface area contributed by atoms with Crippen LogP contribution in [0.1, 0.15) is 31.2 Å². The first-order chi connectivity index (χ1) is 11.2. The summed E-state index contributed by atoms with van der Waals surface area (Å²) >= 11 is 3.47. The molecule has 3 heteroatoms. The van der Waals surface area contributed by atoms with Gasteiger partial charge in [0, 0.05) is 34.6 Å². The Kier molecular flexibility index (Phi) is 5.35. The molecule has 0 unspecified atom stereocenters. The Bertz CT molecular complexity index is 700. The number of halogens is 1. The fraction of sp³-hybridized carbons (Fsp3) is 0.350. The minimum Gasteiger partial charge on any atom is -0.339 e. The highest BCUT2D eigenvalue weighted by Gasteiger charge is 2.23. The first kappa shape index (κ1) is 16.1. The first-order valence-corrected chi connectivity index (χ1v) is 8.94. The van der Waals surface area contributed by atoms with E-state index in [1.807, 2.05) is 41.3 Å². The summed E-state index contributed by atoms with van der Waals surface area (Å²) in [6.45, 7) is 1.63. The van der Waals surface area contributed by atoms with E-state index in [0.717, 1.165) is 54.4 Å². The zero-order valence-electron chi connectivity index (χ0n) is 13.1. The van der Waals surface area contributed by atoms with Gasteiger partial charge in [-0.2, -0.15) is 0 Å². The van der Waals surface area contributed by atoms with E-state index in [2.05, 4.69) is 33.8 Å². The zero-order valence-corrected chi connectivity index (χ0v) is 14.7. The van der Waals surface area contributed by atoms with Crippen LogP contribution in [-0.2, 0) is 4.79 Å². The van der Waals surface area contributed by atoms with Crippen LogP contribution >= 0.6 is 15.9 Å². The molecule has 2 nitrogen and oxygen atoms in total. The standard InChI is InChI=1S/C20H20BrNO/c21-19-8-4-5-17(15-19)10-9-16-11-13-22(14-12-16)20(23)18-6-2-1-3-7-18/h1-2,4-6,8,15-16H,3,7,11-14H2. The number of rotatable bonds is 1. The highest BCUT2D eigenvalue weighted by atomic mass is 79.9. The molecule has 118 valence electrons. The van der Waals surface area contributed by atoms with Crippen LogP contribution in [0.3, 0.4) is 0 Å². The number of nitrogens with zero attached hydrogens (tertiary/aromatic N) is 1. The number of hydrogen-bond acceptors (Lipinski definition) is 1. The maximum atomic E-state index is 12.5. The van der Waals surface area contributed by atoms with Gasteiger partial charge >= 0.3 is 0 Å². The monoisotopic (exact) mass is 369 g/mol. The van der Waals surface area contributed by atoms with Crippen molar-refractivity contribution < 1.29 is 4.79 Å². The molecular formula is C20H20BrNO. The van der Waals surface area contributed by atoms with E-state index in [0.29, 0.717) is 5.92 Å². The molecule has 0 aromatic heterocycles. The molecule has 1 fully saturated rings. The molecule has 23 heavy (non-hydrogen) atoms. The number of piperidine rings is 1. The van der Waals surface area contributed by atoms with Crippen molar-refractivity contribution in [1.82, 2.24) is 4.90 Å². The molecule has 0 bridgehead atoms. The van der Waals surface area contributed by atoms with Gasteiger partial charge in [0.1, 0.15) is 0 Å². The predicted octanol–water partition coefficient (Wildman–Crippen LogP) is 4.32. The average molecular weight is 370 g/mol. The minimum absolute atomic E-state index is 0.216. The summed E-state index contributed by atoms with van der Waals surface area (Å²) in [5, 5.41) is 0. The van der Waals surface area contributed by atoms with Gasteiger partial charge in [-0.1, -0.05) is 52.1 Å². The number of likely N-dealkylation sites (tertiary alicyclic amines) is 1. The van der Waals surface area contributed by atoms with Crippen LogP contribution in [0.2, 0.25) is 0 Å². The maximum absolute atomic E-state index is 12.5. The molecule has 1 aromatic carbocycles. The molecule has 3 rings (SSSR count). The van der Waals surface area contributed by atoms with Gasteiger partial charge in [-0.25, -0.2) is 0 Å². The second-order valence-electron chi connectivity index (χ2n) is 6.00. The molecule has 1 aromatic rings. The van der Waals surface area contributed by atoms with Crippen molar-refractivity contribution in [3.63, 3.8) is 0 Å². The Morgan fingerprint density at radius 1 is 1.26 bits per heavy atom. The smallest absolute Gasteiger partial charge is 0.249 e. The molecule has 0 N–H and O–H groups in total. The Morgan fingerprint density at radius 3 is 2.78 bits per heavy atom. The Hall–Kier alpha value is -1.79. The molecule has 1 heterocycles.